The Morgan fingerprint density at radius 2 is 2.33 bits per heavy atom. The number of carbonyl (C=O) groups is 1. The number of carbonyl (C=O) groups excluding carboxylic acids is 1. The van der Waals surface area contributed by atoms with Crippen molar-refractivity contribution in [3.05, 3.63) is 24.0 Å². The molecule has 0 radical (unpaired) electrons. The van der Waals surface area contributed by atoms with E-state index < -0.39 is 0 Å². The number of aromatic nitrogens is 1. The van der Waals surface area contributed by atoms with E-state index in [1.807, 2.05) is 29.2 Å². The van der Waals surface area contributed by atoms with Gasteiger partial charge >= 0.3 is 6.03 Å². The summed E-state index contributed by atoms with van der Waals surface area (Å²) in [6, 6.07) is 2.76. The predicted octanol–water partition coefficient (Wildman–Crippen LogP) is 1.18. The molecule has 5 nitrogen and oxygen atoms in total. The summed E-state index contributed by atoms with van der Waals surface area (Å²) in [6.07, 6.45) is 6.18. The molecule has 0 spiro atoms. The van der Waals surface area contributed by atoms with Gasteiger partial charge in [-0.2, -0.15) is 0 Å². The number of likely N-dealkylation sites (N-methyl/N-ethyl adjacent to an activating group) is 1. The number of rotatable bonds is 2. The zero-order valence-corrected chi connectivity index (χ0v) is 10.7. The fourth-order valence-corrected chi connectivity index (χ4v) is 3.00. The summed E-state index contributed by atoms with van der Waals surface area (Å²) in [7, 11) is 1.90. The lowest BCUT2D eigenvalue weighted by molar-refractivity contribution is 0.171. The van der Waals surface area contributed by atoms with Crippen LogP contribution in [-0.4, -0.2) is 53.5 Å². The van der Waals surface area contributed by atoms with E-state index >= 15 is 0 Å². The van der Waals surface area contributed by atoms with Crippen LogP contribution in [0.4, 0.5) is 4.79 Å². The highest BCUT2D eigenvalue weighted by Crippen LogP contribution is 2.30. The highest BCUT2D eigenvalue weighted by Gasteiger charge is 2.39. The molecule has 2 unspecified atom stereocenters. The van der Waals surface area contributed by atoms with Gasteiger partial charge < -0.3 is 20.1 Å². The Balaban J connectivity index is 1.76. The molecular weight excluding hydrogens is 228 g/mol. The smallest absolute Gasteiger partial charge is 0.320 e. The number of nitrogens with one attached hydrogen (secondary N) is 2. The van der Waals surface area contributed by atoms with Crippen LogP contribution in [-0.2, 0) is 0 Å². The van der Waals surface area contributed by atoms with Crippen LogP contribution in [0.3, 0.4) is 0 Å². The molecule has 98 valence electrons. The second-order valence-corrected chi connectivity index (χ2v) is 5.21. The van der Waals surface area contributed by atoms with Gasteiger partial charge in [-0.1, -0.05) is 0 Å². The van der Waals surface area contributed by atoms with Crippen molar-refractivity contribution in [2.75, 3.05) is 26.7 Å². The summed E-state index contributed by atoms with van der Waals surface area (Å²) in [5, 5.41) is 3.38. The molecule has 2 amide bonds. The molecule has 0 bridgehead atoms. The minimum atomic E-state index is 0.162. The summed E-state index contributed by atoms with van der Waals surface area (Å²) >= 11 is 0. The van der Waals surface area contributed by atoms with Crippen LogP contribution in [0, 0.1) is 0 Å². The van der Waals surface area contributed by atoms with Crippen LogP contribution < -0.4 is 5.32 Å². The maximum atomic E-state index is 12.3. The first-order valence-electron chi connectivity index (χ1n) is 6.64. The van der Waals surface area contributed by atoms with E-state index in [4.69, 9.17) is 0 Å². The number of nitrogens with zero attached hydrogens (tertiary/aromatic N) is 2. The third kappa shape index (κ3) is 1.88. The molecule has 0 aliphatic carbocycles. The Bertz CT molecular complexity index is 411. The Kier molecular flexibility index (Phi) is 2.99. The standard InChI is InChI=1S/C13H20N4O/c1-16-12(10-4-6-15-7-10)9-17(13(16)18)11-3-2-5-14-8-11/h4,6-7,11-12,14-15H,2-3,5,8-9H2,1H3. The molecule has 2 saturated heterocycles. The number of urea groups is 1. The van der Waals surface area contributed by atoms with Crippen LogP contribution in [0.5, 0.6) is 0 Å². The molecule has 1 aromatic rings. The Morgan fingerprint density at radius 1 is 1.44 bits per heavy atom. The molecular formula is C13H20N4O. The van der Waals surface area contributed by atoms with Gasteiger partial charge in [-0.05, 0) is 31.0 Å². The summed E-state index contributed by atoms with van der Waals surface area (Å²) in [5.41, 5.74) is 1.19. The molecule has 2 atom stereocenters. The van der Waals surface area contributed by atoms with Gasteiger partial charge in [0.2, 0.25) is 0 Å². The maximum absolute atomic E-state index is 12.3. The van der Waals surface area contributed by atoms with Crippen LogP contribution >= 0.6 is 0 Å². The van der Waals surface area contributed by atoms with E-state index in [1.165, 1.54) is 5.56 Å². The minimum Gasteiger partial charge on any atom is -0.367 e. The van der Waals surface area contributed by atoms with E-state index in [0.717, 1.165) is 32.5 Å². The van der Waals surface area contributed by atoms with Gasteiger partial charge in [-0.25, -0.2) is 4.79 Å². The zero-order valence-electron chi connectivity index (χ0n) is 10.7. The highest BCUT2D eigenvalue weighted by atomic mass is 16.2. The lowest BCUT2D eigenvalue weighted by Crippen LogP contribution is -2.47. The fraction of sp³-hybridized carbons (Fsp3) is 0.615. The lowest BCUT2D eigenvalue weighted by atomic mass is 10.1. The van der Waals surface area contributed by atoms with Crippen molar-refractivity contribution in [1.82, 2.24) is 20.1 Å². The summed E-state index contributed by atoms with van der Waals surface area (Å²) in [6.45, 7) is 2.81. The van der Waals surface area contributed by atoms with Crippen LogP contribution in [0.25, 0.3) is 0 Å². The van der Waals surface area contributed by atoms with Crippen LogP contribution in [0.15, 0.2) is 18.5 Å². The quantitative estimate of drug-likeness (QED) is 0.825. The molecule has 18 heavy (non-hydrogen) atoms. The maximum Gasteiger partial charge on any atom is 0.320 e. The molecule has 3 heterocycles. The van der Waals surface area contributed by atoms with Crippen molar-refractivity contribution in [2.45, 2.75) is 24.9 Å². The van der Waals surface area contributed by atoms with Gasteiger partial charge in [-0.15, -0.1) is 0 Å². The monoisotopic (exact) mass is 248 g/mol. The topological polar surface area (TPSA) is 51.4 Å². The molecule has 2 N–H and O–H groups in total. The minimum absolute atomic E-state index is 0.162. The Morgan fingerprint density at radius 3 is 3.00 bits per heavy atom. The average Bonchev–Trinajstić information content (AvgIpc) is 3.01. The van der Waals surface area contributed by atoms with Crippen molar-refractivity contribution in [3.8, 4) is 0 Å². The molecule has 0 saturated carbocycles. The summed E-state index contributed by atoms with van der Waals surface area (Å²) < 4.78 is 0. The van der Waals surface area contributed by atoms with Gasteiger partial charge in [0.1, 0.15) is 0 Å². The predicted molar refractivity (Wildman–Crippen MR) is 69.3 cm³/mol. The second-order valence-electron chi connectivity index (χ2n) is 5.21. The fourth-order valence-electron chi connectivity index (χ4n) is 3.00. The van der Waals surface area contributed by atoms with Crippen LogP contribution in [0.2, 0.25) is 0 Å². The molecule has 3 rings (SSSR count). The molecule has 1 aromatic heterocycles. The van der Waals surface area contributed by atoms with Crippen molar-refractivity contribution >= 4 is 6.03 Å². The van der Waals surface area contributed by atoms with E-state index in [2.05, 4.69) is 16.4 Å². The van der Waals surface area contributed by atoms with Crippen molar-refractivity contribution < 1.29 is 4.79 Å². The number of aromatic amines is 1. The van der Waals surface area contributed by atoms with Crippen molar-refractivity contribution in [2.24, 2.45) is 0 Å². The second kappa shape index (κ2) is 4.65. The van der Waals surface area contributed by atoms with E-state index in [9.17, 15) is 4.79 Å². The highest BCUT2D eigenvalue weighted by molar-refractivity contribution is 5.77. The zero-order chi connectivity index (χ0) is 12.5. The number of piperidine rings is 1. The van der Waals surface area contributed by atoms with Gasteiger partial charge in [0, 0.05) is 38.6 Å². The molecule has 5 heteroatoms. The van der Waals surface area contributed by atoms with Gasteiger partial charge in [0.25, 0.3) is 0 Å². The number of H-pyrrole nitrogens is 1. The van der Waals surface area contributed by atoms with Gasteiger partial charge in [-0.3, -0.25) is 0 Å². The average molecular weight is 248 g/mol. The molecule has 0 aromatic carbocycles. The number of hydrogen-bond donors (Lipinski definition) is 2. The Labute approximate surface area is 107 Å². The van der Waals surface area contributed by atoms with Crippen molar-refractivity contribution in [3.63, 3.8) is 0 Å². The lowest BCUT2D eigenvalue weighted by Gasteiger charge is -2.30. The Hall–Kier alpha value is -1.49. The van der Waals surface area contributed by atoms with Crippen LogP contribution in [0.1, 0.15) is 24.4 Å². The largest absolute Gasteiger partial charge is 0.367 e. The third-order valence-electron chi connectivity index (χ3n) is 4.10. The van der Waals surface area contributed by atoms with Crippen molar-refractivity contribution in [1.29, 1.82) is 0 Å². The number of amides is 2. The number of hydrogen-bond acceptors (Lipinski definition) is 2. The first-order chi connectivity index (χ1) is 8.77. The van der Waals surface area contributed by atoms with E-state index in [-0.39, 0.29) is 12.1 Å². The van der Waals surface area contributed by atoms with Gasteiger partial charge in [0.15, 0.2) is 0 Å². The van der Waals surface area contributed by atoms with E-state index in [1.54, 1.807) is 0 Å². The third-order valence-corrected chi connectivity index (χ3v) is 4.10. The SMILES string of the molecule is CN1C(=O)N(C2CCCNC2)CC1c1cc[nH]c1. The molecule has 2 aliphatic rings. The first-order valence-corrected chi connectivity index (χ1v) is 6.64. The molecule has 2 aliphatic heterocycles. The summed E-state index contributed by atoms with van der Waals surface area (Å²) in [4.78, 5) is 19.3. The van der Waals surface area contributed by atoms with E-state index in [0.29, 0.717) is 6.04 Å². The first kappa shape index (κ1) is 11.6. The van der Waals surface area contributed by atoms with Gasteiger partial charge in [0.05, 0.1) is 6.04 Å². The normalized spacial score (nSPS) is 29.1. The molecule has 2 fully saturated rings. The summed E-state index contributed by atoms with van der Waals surface area (Å²) in [5.74, 6) is 0.